The van der Waals surface area contributed by atoms with Gasteiger partial charge in [0.2, 0.25) is 0 Å². The number of ether oxygens (including phenoxy) is 1. The molecule has 0 radical (unpaired) electrons. The average molecular weight is 647 g/mol. The van der Waals surface area contributed by atoms with Crippen molar-refractivity contribution in [2.75, 3.05) is 18.6 Å². The minimum Gasteiger partial charge on any atom is -0.508 e. The Hall–Kier alpha value is -1.06. The maximum atomic E-state index is 13.0. The van der Waals surface area contributed by atoms with E-state index in [-0.39, 0.29) is 29.5 Å². The molecular weight excluding hydrogens is 595 g/mol. The molecule has 1 aromatic rings. The summed E-state index contributed by atoms with van der Waals surface area (Å²) >= 11 is 1.47. The van der Waals surface area contributed by atoms with Gasteiger partial charge in [-0.2, -0.15) is 33.7 Å². The molecule has 4 aliphatic rings. The molecule has 3 unspecified atom stereocenters. The molecule has 1 aromatic carbocycles. The number of thioether (sulfide) groups is 1. The van der Waals surface area contributed by atoms with E-state index in [4.69, 9.17) is 4.74 Å². The van der Waals surface area contributed by atoms with Crippen molar-refractivity contribution in [1.29, 1.82) is 0 Å². The minimum atomic E-state index is -5.45. The van der Waals surface area contributed by atoms with Crippen LogP contribution in [-0.4, -0.2) is 47.0 Å². The smallest absolute Gasteiger partial charge is 0.453 e. The standard InChI is InChI=1S/C35H51F5O3S/c1-32-16-14-25-24-13-12-23(41)21-27(24)31(43-2)26(30(25)28(32)22-29(42)33(32)17-18-33)11-8-6-4-3-5-7-9-19-44-20-10-15-34(36,37)35(38,39)40/h12-13,21,25-26,28-31,41-42H,3-11,14-20,22H2,1-2H3/t25?,26-,28?,29+,30?,31+,32-/m0/s1. The van der Waals surface area contributed by atoms with Gasteiger partial charge in [0.05, 0.1) is 12.2 Å². The first-order valence-electron chi connectivity index (χ1n) is 16.9. The highest BCUT2D eigenvalue weighted by Crippen LogP contribution is 2.77. The molecule has 5 rings (SSSR count). The Morgan fingerprint density at radius 2 is 1.57 bits per heavy atom. The van der Waals surface area contributed by atoms with Gasteiger partial charge in [-0.05, 0) is 115 Å². The molecule has 3 saturated carbocycles. The monoisotopic (exact) mass is 646 g/mol. The number of methoxy groups -OCH3 is 1. The lowest BCUT2D eigenvalue weighted by atomic mass is 9.50. The quantitative estimate of drug-likeness (QED) is 0.147. The van der Waals surface area contributed by atoms with Crippen LogP contribution in [0.5, 0.6) is 5.75 Å². The maximum absolute atomic E-state index is 13.0. The first-order chi connectivity index (χ1) is 20.9. The van der Waals surface area contributed by atoms with Gasteiger partial charge in [-0.3, -0.25) is 0 Å². The molecule has 3 fully saturated rings. The van der Waals surface area contributed by atoms with E-state index in [0.717, 1.165) is 94.8 Å². The predicted molar refractivity (Wildman–Crippen MR) is 165 cm³/mol. The lowest BCUT2D eigenvalue weighted by Crippen LogP contribution is -2.48. The second kappa shape index (κ2) is 13.6. The molecule has 0 heterocycles. The summed E-state index contributed by atoms with van der Waals surface area (Å²) in [4.78, 5) is 0. The Kier molecular flexibility index (Phi) is 10.6. The Labute approximate surface area is 264 Å². The number of benzene rings is 1. The molecule has 0 aromatic heterocycles. The van der Waals surface area contributed by atoms with Crippen LogP contribution in [0.1, 0.15) is 126 Å². The molecule has 250 valence electrons. The highest BCUT2D eigenvalue weighted by molar-refractivity contribution is 7.99. The zero-order valence-corrected chi connectivity index (χ0v) is 27.1. The minimum absolute atomic E-state index is 0.0502. The molecule has 3 nitrogen and oxygen atoms in total. The number of halogens is 5. The molecule has 4 aliphatic carbocycles. The van der Waals surface area contributed by atoms with E-state index < -0.39 is 18.5 Å². The molecule has 2 N–H and O–H groups in total. The number of fused-ring (bicyclic) bond motifs is 6. The fourth-order valence-electron chi connectivity index (χ4n) is 9.75. The lowest BCUT2D eigenvalue weighted by molar-refractivity contribution is -0.284. The Morgan fingerprint density at radius 3 is 2.23 bits per heavy atom. The third-order valence-electron chi connectivity index (χ3n) is 12.2. The largest absolute Gasteiger partial charge is 0.508 e. The molecule has 0 amide bonds. The van der Waals surface area contributed by atoms with Gasteiger partial charge < -0.3 is 14.9 Å². The number of unbranched alkanes of at least 4 members (excludes halogenated alkanes) is 6. The van der Waals surface area contributed by atoms with Crippen LogP contribution in [0, 0.1) is 28.6 Å². The number of aliphatic hydroxyl groups excluding tert-OH is 1. The second-order valence-electron chi connectivity index (χ2n) is 14.5. The fourth-order valence-corrected chi connectivity index (χ4v) is 10.7. The fraction of sp³-hybridized carbons (Fsp3) is 0.829. The number of hydrogen-bond acceptors (Lipinski definition) is 4. The number of phenolic OH excluding ortho intramolecular Hbond substituents is 1. The van der Waals surface area contributed by atoms with Crippen molar-refractivity contribution in [1.82, 2.24) is 0 Å². The van der Waals surface area contributed by atoms with Crippen molar-refractivity contribution in [3.8, 4) is 5.75 Å². The van der Waals surface area contributed by atoms with Crippen LogP contribution in [0.3, 0.4) is 0 Å². The van der Waals surface area contributed by atoms with Gasteiger partial charge in [0.25, 0.3) is 0 Å². The van der Waals surface area contributed by atoms with Crippen molar-refractivity contribution in [2.45, 2.75) is 133 Å². The summed E-state index contributed by atoms with van der Waals surface area (Å²) in [6.07, 6.45) is 7.30. The average Bonchev–Trinajstić information content (AvgIpc) is 3.75. The van der Waals surface area contributed by atoms with Crippen molar-refractivity contribution in [2.24, 2.45) is 28.6 Å². The summed E-state index contributed by atoms with van der Waals surface area (Å²) in [7, 11) is 1.80. The van der Waals surface area contributed by atoms with E-state index in [1.807, 2.05) is 12.1 Å². The highest BCUT2D eigenvalue weighted by Gasteiger charge is 2.71. The lowest BCUT2D eigenvalue weighted by Gasteiger charge is -2.55. The van der Waals surface area contributed by atoms with Gasteiger partial charge in [0.15, 0.2) is 0 Å². The van der Waals surface area contributed by atoms with Crippen LogP contribution in [0.4, 0.5) is 22.0 Å². The SMILES string of the molecule is CO[C@H]1c2cc(O)ccc2C2CC[C@@]3(C)C(C[C@@H](O)C34CC4)C2[C@@H]1CCCCCCCCCSCCCC(F)(F)C(F)(F)F. The van der Waals surface area contributed by atoms with Crippen molar-refractivity contribution in [3.05, 3.63) is 29.3 Å². The van der Waals surface area contributed by atoms with Crippen LogP contribution in [0.15, 0.2) is 18.2 Å². The highest BCUT2D eigenvalue weighted by atomic mass is 32.2. The number of hydrogen-bond donors (Lipinski definition) is 2. The number of aliphatic hydroxyl groups is 1. The van der Waals surface area contributed by atoms with Crippen LogP contribution in [0.2, 0.25) is 0 Å². The zero-order valence-electron chi connectivity index (χ0n) is 26.3. The number of alkyl halides is 5. The summed E-state index contributed by atoms with van der Waals surface area (Å²) in [6, 6.07) is 5.86. The summed E-state index contributed by atoms with van der Waals surface area (Å²) in [6.45, 7) is 2.47. The third-order valence-corrected chi connectivity index (χ3v) is 13.4. The van der Waals surface area contributed by atoms with E-state index in [0.29, 0.717) is 35.2 Å². The van der Waals surface area contributed by atoms with Gasteiger partial charge in [-0.15, -0.1) is 0 Å². The number of aromatic hydroxyl groups is 1. The first-order valence-corrected chi connectivity index (χ1v) is 18.1. The normalized spacial score (nSPS) is 32.4. The summed E-state index contributed by atoms with van der Waals surface area (Å²) in [5.74, 6) is -1.39. The molecule has 0 saturated heterocycles. The van der Waals surface area contributed by atoms with Gasteiger partial charge in [0, 0.05) is 18.9 Å². The van der Waals surface area contributed by atoms with E-state index >= 15 is 0 Å². The summed E-state index contributed by atoms with van der Waals surface area (Å²) < 4.78 is 68.9. The van der Waals surface area contributed by atoms with Gasteiger partial charge >= 0.3 is 12.1 Å². The van der Waals surface area contributed by atoms with Crippen LogP contribution in [-0.2, 0) is 4.74 Å². The topological polar surface area (TPSA) is 49.7 Å². The number of phenols is 1. The Bertz CT molecular complexity index is 1110. The van der Waals surface area contributed by atoms with Crippen LogP contribution in [0.25, 0.3) is 0 Å². The van der Waals surface area contributed by atoms with Crippen molar-refractivity contribution in [3.63, 3.8) is 0 Å². The van der Waals surface area contributed by atoms with Gasteiger partial charge in [-0.25, -0.2) is 0 Å². The molecule has 9 heteroatoms. The predicted octanol–water partition coefficient (Wildman–Crippen LogP) is 10.2. The van der Waals surface area contributed by atoms with E-state index in [1.165, 1.54) is 17.3 Å². The van der Waals surface area contributed by atoms with Crippen molar-refractivity contribution < 1.29 is 36.9 Å². The summed E-state index contributed by atoms with van der Waals surface area (Å²) in [5, 5.41) is 21.6. The molecule has 44 heavy (non-hydrogen) atoms. The van der Waals surface area contributed by atoms with Gasteiger partial charge in [-0.1, -0.05) is 51.5 Å². The van der Waals surface area contributed by atoms with Gasteiger partial charge in [0.1, 0.15) is 5.75 Å². The van der Waals surface area contributed by atoms with E-state index in [9.17, 15) is 32.2 Å². The van der Waals surface area contributed by atoms with Crippen LogP contribution < -0.4 is 0 Å². The third kappa shape index (κ3) is 6.54. The molecule has 0 bridgehead atoms. The van der Waals surface area contributed by atoms with E-state index in [2.05, 4.69) is 13.0 Å². The zero-order chi connectivity index (χ0) is 31.8. The van der Waals surface area contributed by atoms with Crippen molar-refractivity contribution >= 4 is 11.8 Å². The molecule has 1 spiro atoms. The Morgan fingerprint density at radius 1 is 0.909 bits per heavy atom. The van der Waals surface area contributed by atoms with Crippen LogP contribution >= 0.6 is 11.8 Å². The summed E-state index contributed by atoms with van der Waals surface area (Å²) in [5.41, 5.74) is 2.78. The first kappa shape index (κ1) is 34.3. The second-order valence-corrected chi connectivity index (χ2v) is 15.7. The maximum Gasteiger partial charge on any atom is 0.453 e. The molecule has 7 atom stereocenters. The van der Waals surface area contributed by atoms with E-state index in [1.54, 1.807) is 7.11 Å². The Balaban J connectivity index is 1.08. The number of rotatable bonds is 15. The molecule has 0 aliphatic heterocycles. The molecular formula is C35H51F5O3S.